The molecule has 0 amide bonds. The van der Waals surface area contributed by atoms with Gasteiger partial charge in [-0.1, -0.05) is 6.07 Å². The Morgan fingerprint density at radius 2 is 2.12 bits per heavy atom. The van der Waals surface area contributed by atoms with Crippen LogP contribution < -0.4 is 0 Å². The minimum absolute atomic E-state index is 0.112. The zero-order valence-electron chi connectivity index (χ0n) is 9.73. The van der Waals surface area contributed by atoms with Gasteiger partial charge in [0.05, 0.1) is 6.10 Å². The molecule has 0 bridgehead atoms. The number of hydrogen-bond acceptors (Lipinski definition) is 3. The van der Waals surface area contributed by atoms with Crippen LogP contribution in [-0.2, 0) is 9.53 Å². The van der Waals surface area contributed by atoms with E-state index in [4.69, 9.17) is 4.74 Å². The first-order chi connectivity index (χ1) is 7.49. The van der Waals surface area contributed by atoms with E-state index in [-0.39, 0.29) is 17.8 Å². The summed E-state index contributed by atoms with van der Waals surface area (Å²) < 4.78 is 4.95. The summed E-state index contributed by atoms with van der Waals surface area (Å²) >= 11 is 0. The SMILES string of the molecule is Cc1cc(/C=C/C(=O)OC(C)C)ccc1O. The molecule has 1 rings (SSSR count). The van der Waals surface area contributed by atoms with E-state index in [0.717, 1.165) is 11.1 Å². The van der Waals surface area contributed by atoms with Crippen LogP contribution >= 0.6 is 0 Å². The minimum Gasteiger partial charge on any atom is -0.508 e. The van der Waals surface area contributed by atoms with Crippen LogP contribution in [-0.4, -0.2) is 17.2 Å². The number of hydrogen-bond donors (Lipinski definition) is 1. The smallest absolute Gasteiger partial charge is 0.331 e. The Labute approximate surface area is 95.4 Å². The van der Waals surface area contributed by atoms with Crippen molar-refractivity contribution in [2.24, 2.45) is 0 Å². The van der Waals surface area contributed by atoms with Crippen molar-refractivity contribution >= 4 is 12.0 Å². The summed E-state index contributed by atoms with van der Waals surface area (Å²) in [4.78, 5) is 11.2. The standard InChI is InChI=1S/C13H16O3/c1-9(2)16-13(15)7-5-11-4-6-12(14)10(3)8-11/h4-9,14H,1-3H3/b7-5+. The number of aryl methyl sites for hydroxylation is 1. The van der Waals surface area contributed by atoms with Crippen LogP contribution in [0.4, 0.5) is 0 Å². The Morgan fingerprint density at radius 1 is 1.44 bits per heavy atom. The lowest BCUT2D eigenvalue weighted by atomic mass is 10.1. The second kappa shape index (κ2) is 5.35. The summed E-state index contributed by atoms with van der Waals surface area (Å²) in [6, 6.07) is 5.14. The number of phenolic OH excluding ortho intramolecular Hbond substituents is 1. The minimum atomic E-state index is -0.360. The maximum absolute atomic E-state index is 11.2. The fourth-order valence-electron chi connectivity index (χ4n) is 1.22. The molecule has 1 aromatic carbocycles. The second-order valence-corrected chi connectivity index (χ2v) is 3.86. The first-order valence-corrected chi connectivity index (χ1v) is 5.17. The van der Waals surface area contributed by atoms with Crippen LogP contribution in [0, 0.1) is 6.92 Å². The van der Waals surface area contributed by atoms with Crippen molar-refractivity contribution in [3.05, 3.63) is 35.4 Å². The normalized spacial score (nSPS) is 11.0. The number of ether oxygens (including phenoxy) is 1. The van der Waals surface area contributed by atoms with E-state index in [2.05, 4.69) is 0 Å². The highest BCUT2D eigenvalue weighted by Crippen LogP contribution is 2.17. The Morgan fingerprint density at radius 3 is 2.69 bits per heavy atom. The predicted octanol–water partition coefficient (Wildman–Crippen LogP) is 2.67. The van der Waals surface area contributed by atoms with E-state index in [1.54, 1.807) is 45.0 Å². The lowest BCUT2D eigenvalue weighted by Gasteiger charge is -2.04. The van der Waals surface area contributed by atoms with Gasteiger partial charge in [-0.2, -0.15) is 0 Å². The fraction of sp³-hybridized carbons (Fsp3) is 0.308. The zero-order valence-corrected chi connectivity index (χ0v) is 9.73. The Balaban J connectivity index is 2.69. The van der Waals surface area contributed by atoms with Gasteiger partial charge >= 0.3 is 5.97 Å². The third kappa shape index (κ3) is 3.77. The van der Waals surface area contributed by atoms with Crippen molar-refractivity contribution in [2.45, 2.75) is 26.9 Å². The number of esters is 1. The van der Waals surface area contributed by atoms with Gasteiger partial charge in [-0.25, -0.2) is 4.79 Å². The van der Waals surface area contributed by atoms with Gasteiger partial charge in [-0.15, -0.1) is 0 Å². The third-order valence-corrected chi connectivity index (χ3v) is 1.98. The average Bonchev–Trinajstić information content (AvgIpc) is 2.19. The summed E-state index contributed by atoms with van der Waals surface area (Å²) in [5, 5.41) is 9.32. The predicted molar refractivity (Wildman–Crippen MR) is 63.1 cm³/mol. The number of phenols is 1. The van der Waals surface area contributed by atoms with Crippen LogP contribution in [0.3, 0.4) is 0 Å². The number of carbonyl (C=O) groups is 1. The van der Waals surface area contributed by atoms with Gasteiger partial charge in [-0.3, -0.25) is 0 Å². The zero-order chi connectivity index (χ0) is 12.1. The van der Waals surface area contributed by atoms with Crippen molar-refractivity contribution in [2.75, 3.05) is 0 Å². The highest BCUT2D eigenvalue weighted by atomic mass is 16.5. The molecule has 0 saturated heterocycles. The summed E-state index contributed by atoms with van der Waals surface area (Å²) in [7, 11) is 0. The van der Waals surface area contributed by atoms with E-state index in [1.807, 2.05) is 0 Å². The lowest BCUT2D eigenvalue weighted by Crippen LogP contribution is -2.08. The second-order valence-electron chi connectivity index (χ2n) is 3.86. The molecule has 0 spiro atoms. The van der Waals surface area contributed by atoms with Gasteiger partial charge in [0, 0.05) is 6.08 Å². The van der Waals surface area contributed by atoms with Gasteiger partial charge in [0.2, 0.25) is 0 Å². The quantitative estimate of drug-likeness (QED) is 0.629. The molecule has 0 radical (unpaired) electrons. The van der Waals surface area contributed by atoms with E-state index in [9.17, 15) is 9.90 Å². The van der Waals surface area contributed by atoms with Gasteiger partial charge in [-0.05, 0) is 50.1 Å². The molecule has 0 heterocycles. The van der Waals surface area contributed by atoms with Crippen molar-refractivity contribution < 1.29 is 14.6 Å². The van der Waals surface area contributed by atoms with Crippen LogP contribution in [0.15, 0.2) is 24.3 Å². The maximum Gasteiger partial charge on any atom is 0.331 e. The molecular weight excluding hydrogens is 204 g/mol. The van der Waals surface area contributed by atoms with Crippen LogP contribution in [0.25, 0.3) is 6.08 Å². The molecule has 3 nitrogen and oxygen atoms in total. The Kier molecular flexibility index (Phi) is 4.11. The van der Waals surface area contributed by atoms with Crippen LogP contribution in [0.2, 0.25) is 0 Å². The van der Waals surface area contributed by atoms with Crippen molar-refractivity contribution in [3.8, 4) is 5.75 Å². The summed E-state index contributed by atoms with van der Waals surface area (Å²) in [6.07, 6.45) is 2.93. The highest BCUT2D eigenvalue weighted by molar-refractivity contribution is 5.87. The first-order valence-electron chi connectivity index (χ1n) is 5.17. The molecule has 1 N–H and O–H groups in total. The maximum atomic E-state index is 11.2. The molecule has 86 valence electrons. The molecule has 0 aliphatic heterocycles. The summed E-state index contributed by atoms with van der Waals surface area (Å²) in [6.45, 7) is 5.41. The fourth-order valence-corrected chi connectivity index (χ4v) is 1.22. The molecule has 3 heteroatoms. The first kappa shape index (κ1) is 12.3. The Bertz CT molecular complexity index is 406. The monoisotopic (exact) mass is 220 g/mol. The molecule has 1 aromatic rings. The summed E-state index contributed by atoms with van der Waals surface area (Å²) in [5.41, 5.74) is 1.63. The number of aromatic hydroxyl groups is 1. The molecular formula is C13H16O3. The number of rotatable bonds is 3. The van der Waals surface area contributed by atoms with Gasteiger partial charge < -0.3 is 9.84 Å². The molecule has 0 atom stereocenters. The van der Waals surface area contributed by atoms with Crippen molar-refractivity contribution in [1.82, 2.24) is 0 Å². The molecule has 0 fully saturated rings. The molecule has 0 aliphatic carbocycles. The molecule has 0 saturated carbocycles. The van der Waals surface area contributed by atoms with E-state index >= 15 is 0 Å². The topological polar surface area (TPSA) is 46.5 Å². The lowest BCUT2D eigenvalue weighted by molar-refractivity contribution is -0.141. The third-order valence-electron chi connectivity index (χ3n) is 1.98. The van der Waals surface area contributed by atoms with Gasteiger partial charge in [0.25, 0.3) is 0 Å². The molecule has 0 aromatic heterocycles. The van der Waals surface area contributed by atoms with Gasteiger partial charge in [0.1, 0.15) is 5.75 Å². The number of carbonyl (C=O) groups excluding carboxylic acids is 1. The Hall–Kier alpha value is -1.77. The number of benzene rings is 1. The van der Waals surface area contributed by atoms with Crippen molar-refractivity contribution in [1.29, 1.82) is 0 Å². The van der Waals surface area contributed by atoms with E-state index < -0.39 is 0 Å². The molecule has 0 aliphatic rings. The average molecular weight is 220 g/mol. The molecule has 0 unspecified atom stereocenters. The van der Waals surface area contributed by atoms with Crippen molar-refractivity contribution in [3.63, 3.8) is 0 Å². The summed E-state index contributed by atoms with van der Waals surface area (Å²) in [5.74, 6) is -0.109. The van der Waals surface area contributed by atoms with E-state index in [1.165, 1.54) is 6.08 Å². The largest absolute Gasteiger partial charge is 0.508 e. The highest BCUT2D eigenvalue weighted by Gasteiger charge is 2.00. The molecule has 16 heavy (non-hydrogen) atoms. The van der Waals surface area contributed by atoms with Crippen LogP contribution in [0.1, 0.15) is 25.0 Å². The van der Waals surface area contributed by atoms with Crippen LogP contribution in [0.5, 0.6) is 5.75 Å². The van der Waals surface area contributed by atoms with Gasteiger partial charge in [0.15, 0.2) is 0 Å². The van der Waals surface area contributed by atoms with E-state index in [0.29, 0.717) is 0 Å².